The van der Waals surface area contributed by atoms with Crippen LogP contribution in [0.3, 0.4) is 0 Å². The molecule has 3 heteroatoms. The third kappa shape index (κ3) is 2.91. The summed E-state index contributed by atoms with van der Waals surface area (Å²) >= 11 is 0. The number of aryl methyl sites for hydroxylation is 1. The Morgan fingerprint density at radius 2 is 2.40 bits per heavy atom. The molecular weight excluding hydrogens is 188 g/mol. The molecule has 0 bridgehead atoms. The molecule has 1 heterocycles. The largest absolute Gasteiger partial charge is 0.300 e. The second-order valence-corrected chi connectivity index (χ2v) is 4.54. The molecule has 0 aliphatic heterocycles. The lowest BCUT2D eigenvalue weighted by atomic mass is 9.95. The van der Waals surface area contributed by atoms with Crippen molar-refractivity contribution >= 4 is 5.78 Å². The fourth-order valence-corrected chi connectivity index (χ4v) is 2.32. The molecule has 1 atom stereocenters. The number of carbonyl (C=O) groups excluding carboxylic acids is 1. The first-order chi connectivity index (χ1) is 7.24. The van der Waals surface area contributed by atoms with Gasteiger partial charge in [0.25, 0.3) is 0 Å². The van der Waals surface area contributed by atoms with Crippen molar-refractivity contribution in [2.45, 2.75) is 38.5 Å². The van der Waals surface area contributed by atoms with E-state index in [9.17, 15) is 4.79 Å². The zero-order chi connectivity index (χ0) is 10.7. The van der Waals surface area contributed by atoms with Crippen molar-refractivity contribution in [2.75, 3.05) is 0 Å². The molecule has 82 valence electrons. The zero-order valence-electron chi connectivity index (χ0n) is 9.28. The number of aromatic nitrogens is 2. The number of hydrogen-bond acceptors (Lipinski definition) is 2. The molecule has 15 heavy (non-hydrogen) atoms. The number of hydrogen-bond donors (Lipinski definition) is 0. The minimum Gasteiger partial charge on any atom is -0.300 e. The molecular formula is C12H18N2O. The van der Waals surface area contributed by atoms with Crippen LogP contribution in [-0.4, -0.2) is 15.6 Å². The quantitative estimate of drug-likeness (QED) is 0.695. The highest BCUT2D eigenvalue weighted by Gasteiger charge is 2.18. The molecule has 1 unspecified atom stereocenters. The van der Waals surface area contributed by atoms with Crippen LogP contribution in [0.2, 0.25) is 0 Å². The van der Waals surface area contributed by atoms with Gasteiger partial charge in [-0.3, -0.25) is 9.48 Å². The number of Topliss-reactive ketones (excluding diaryl/α,β-unsaturated/α-hetero) is 1. The van der Waals surface area contributed by atoms with Crippen molar-refractivity contribution in [3.8, 4) is 0 Å². The van der Waals surface area contributed by atoms with E-state index in [1.54, 1.807) is 0 Å². The topological polar surface area (TPSA) is 34.9 Å². The lowest BCUT2D eigenvalue weighted by molar-refractivity contribution is -0.119. The van der Waals surface area contributed by atoms with Gasteiger partial charge in [-0.1, -0.05) is 6.42 Å². The first-order valence-electron chi connectivity index (χ1n) is 5.74. The SMILES string of the molecule is Cn1ccc(CC2CCCCC(=O)C2)n1. The third-order valence-electron chi connectivity index (χ3n) is 3.10. The van der Waals surface area contributed by atoms with Crippen LogP contribution in [0.25, 0.3) is 0 Å². The van der Waals surface area contributed by atoms with E-state index in [1.807, 2.05) is 17.9 Å². The Morgan fingerprint density at radius 3 is 3.13 bits per heavy atom. The van der Waals surface area contributed by atoms with Crippen LogP contribution in [0.15, 0.2) is 12.3 Å². The van der Waals surface area contributed by atoms with E-state index < -0.39 is 0 Å². The van der Waals surface area contributed by atoms with E-state index in [2.05, 4.69) is 11.2 Å². The van der Waals surface area contributed by atoms with Crippen LogP contribution in [-0.2, 0) is 18.3 Å². The predicted molar refractivity (Wildman–Crippen MR) is 58.5 cm³/mol. The van der Waals surface area contributed by atoms with Crippen LogP contribution in [0.5, 0.6) is 0 Å². The summed E-state index contributed by atoms with van der Waals surface area (Å²) < 4.78 is 1.83. The average Bonchev–Trinajstić information content (AvgIpc) is 2.46. The van der Waals surface area contributed by atoms with E-state index in [0.29, 0.717) is 11.7 Å². The fraction of sp³-hybridized carbons (Fsp3) is 0.667. The van der Waals surface area contributed by atoms with Crippen LogP contribution in [0.4, 0.5) is 0 Å². The first-order valence-corrected chi connectivity index (χ1v) is 5.74. The maximum Gasteiger partial charge on any atom is 0.133 e. The van der Waals surface area contributed by atoms with Crippen LogP contribution >= 0.6 is 0 Å². The highest BCUT2D eigenvalue weighted by atomic mass is 16.1. The molecule has 1 fully saturated rings. The average molecular weight is 206 g/mol. The summed E-state index contributed by atoms with van der Waals surface area (Å²) in [6, 6.07) is 2.05. The first kappa shape index (κ1) is 10.4. The maximum absolute atomic E-state index is 11.5. The standard InChI is InChI=1S/C12H18N2O/c1-14-7-6-11(13-14)8-10-4-2-3-5-12(15)9-10/h6-7,10H,2-5,8-9H2,1H3. The summed E-state index contributed by atoms with van der Waals surface area (Å²) in [5.74, 6) is 0.961. The van der Waals surface area contributed by atoms with Crippen LogP contribution in [0, 0.1) is 5.92 Å². The molecule has 0 amide bonds. The van der Waals surface area contributed by atoms with Gasteiger partial charge in [0.15, 0.2) is 0 Å². The van der Waals surface area contributed by atoms with Gasteiger partial charge in [0, 0.05) is 26.1 Å². The van der Waals surface area contributed by atoms with E-state index in [1.165, 1.54) is 12.8 Å². The Morgan fingerprint density at radius 1 is 1.53 bits per heavy atom. The van der Waals surface area contributed by atoms with Gasteiger partial charge in [0.05, 0.1) is 5.69 Å². The second kappa shape index (κ2) is 4.60. The summed E-state index contributed by atoms with van der Waals surface area (Å²) in [5.41, 5.74) is 1.12. The van der Waals surface area contributed by atoms with Crippen LogP contribution < -0.4 is 0 Å². The van der Waals surface area contributed by atoms with E-state index in [4.69, 9.17) is 0 Å². The molecule has 0 spiro atoms. The number of rotatable bonds is 2. The minimum absolute atomic E-state index is 0.438. The highest BCUT2D eigenvalue weighted by Crippen LogP contribution is 2.23. The highest BCUT2D eigenvalue weighted by molar-refractivity contribution is 5.78. The van der Waals surface area contributed by atoms with Gasteiger partial charge in [-0.05, 0) is 31.2 Å². The summed E-state index contributed by atoms with van der Waals surface area (Å²) in [6.45, 7) is 0. The Kier molecular flexibility index (Phi) is 3.19. The third-order valence-corrected chi connectivity index (χ3v) is 3.10. The van der Waals surface area contributed by atoms with Gasteiger partial charge >= 0.3 is 0 Å². The summed E-state index contributed by atoms with van der Waals surface area (Å²) in [6.07, 6.45) is 7.94. The van der Waals surface area contributed by atoms with Gasteiger partial charge in [-0.25, -0.2) is 0 Å². The number of carbonyl (C=O) groups is 1. The van der Waals surface area contributed by atoms with Gasteiger partial charge in [0.2, 0.25) is 0 Å². The Labute approximate surface area is 90.5 Å². The smallest absolute Gasteiger partial charge is 0.133 e. The monoisotopic (exact) mass is 206 g/mol. The van der Waals surface area contributed by atoms with Gasteiger partial charge in [0.1, 0.15) is 5.78 Å². The van der Waals surface area contributed by atoms with Gasteiger partial charge in [-0.15, -0.1) is 0 Å². The van der Waals surface area contributed by atoms with Crippen molar-refractivity contribution in [1.29, 1.82) is 0 Å². The normalized spacial score (nSPS) is 22.7. The molecule has 1 aromatic heterocycles. The molecule has 0 radical (unpaired) electrons. The molecule has 1 aliphatic carbocycles. The lowest BCUT2D eigenvalue weighted by Gasteiger charge is -2.10. The van der Waals surface area contributed by atoms with Gasteiger partial charge in [-0.2, -0.15) is 5.10 Å². The second-order valence-electron chi connectivity index (χ2n) is 4.54. The molecule has 1 aromatic rings. The summed E-state index contributed by atoms with van der Waals surface area (Å²) in [5, 5.41) is 4.37. The lowest BCUT2D eigenvalue weighted by Crippen LogP contribution is -2.08. The molecule has 1 saturated carbocycles. The molecule has 3 nitrogen and oxygen atoms in total. The minimum atomic E-state index is 0.438. The Hall–Kier alpha value is -1.12. The zero-order valence-corrected chi connectivity index (χ0v) is 9.28. The van der Waals surface area contributed by atoms with Crippen molar-refractivity contribution < 1.29 is 4.79 Å². The fourth-order valence-electron chi connectivity index (χ4n) is 2.32. The van der Waals surface area contributed by atoms with E-state index in [0.717, 1.165) is 31.4 Å². The molecule has 2 rings (SSSR count). The summed E-state index contributed by atoms with van der Waals surface area (Å²) in [4.78, 5) is 11.5. The Balaban J connectivity index is 1.95. The summed E-state index contributed by atoms with van der Waals surface area (Å²) in [7, 11) is 1.93. The molecule has 0 N–H and O–H groups in total. The number of nitrogens with zero attached hydrogens (tertiary/aromatic N) is 2. The number of ketones is 1. The van der Waals surface area contributed by atoms with Crippen LogP contribution in [0.1, 0.15) is 37.8 Å². The molecule has 0 saturated heterocycles. The van der Waals surface area contributed by atoms with Crippen molar-refractivity contribution in [3.63, 3.8) is 0 Å². The van der Waals surface area contributed by atoms with Gasteiger partial charge < -0.3 is 0 Å². The molecule has 0 aromatic carbocycles. The maximum atomic E-state index is 11.5. The van der Waals surface area contributed by atoms with E-state index >= 15 is 0 Å². The van der Waals surface area contributed by atoms with Crippen molar-refractivity contribution in [1.82, 2.24) is 9.78 Å². The van der Waals surface area contributed by atoms with Crippen molar-refractivity contribution in [2.24, 2.45) is 13.0 Å². The Bertz CT molecular complexity index is 343. The van der Waals surface area contributed by atoms with Crippen molar-refractivity contribution in [3.05, 3.63) is 18.0 Å². The predicted octanol–water partition coefficient (Wildman–Crippen LogP) is 2.11. The van der Waals surface area contributed by atoms with E-state index in [-0.39, 0.29) is 0 Å². The molecule has 1 aliphatic rings.